The van der Waals surface area contributed by atoms with Gasteiger partial charge in [0.25, 0.3) is 0 Å². The van der Waals surface area contributed by atoms with Crippen LogP contribution in [0.3, 0.4) is 0 Å². The van der Waals surface area contributed by atoms with Crippen molar-refractivity contribution in [2.24, 2.45) is 0 Å². The van der Waals surface area contributed by atoms with Gasteiger partial charge in [-0.15, -0.1) is 10.2 Å². The van der Waals surface area contributed by atoms with Gasteiger partial charge in [-0.2, -0.15) is 4.98 Å². The molecule has 0 bridgehead atoms. The highest BCUT2D eigenvalue weighted by molar-refractivity contribution is 5.61. The number of hydrogen-bond acceptors (Lipinski definition) is 7. The smallest absolute Gasteiger partial charge is 0.223 e. The standard InChI is InChI=1S/C10H11N7O/c1-7-14-8(16-18-7)2-3-11-9-10-15-13-6-17(10)5-4-12-9/h4-6H,2-3H2,1H3,(H,11,12). The Kier molecular flexibility index (Phi) is 2.60. The first-order valence-electron chi connectivity index (χ1n) is 5.50. The van der Waals surface area contributed by atoms with E-state index >= 15 is 0 Å². The lowest BCUT2D eigenvalue weighted by Gasteiger charge is -2.03. The molecule has 3 rings (SSSR count). The van der Waals surface area contributed by atoms with Gasteiger partial charge in [0.1, 0.15) is 6.33 Å². The number of aryl methyl sites for hydroxylation is 1. The molecule has 0 spiro atoms. The molecule has 0 amide bonds. The second-order valence-electron chi connectivity index (χ2n) is 3.74. The summed E-state index contributed by atoms with van der Waals surface area (Å²) < 4.78 is 6.69. The molecule has 8 heteroatoms. The Balaban J connectivity index is 1.68. The third-order valence-corrected chi connectivity index (χ3v) is 2.43. The molecular formula is C10H11N7O. The van der Waals surface area contributed by atoms with Crippen LogP contribution in [0.5, 0.6) is 0 Å². The summed E-state index contributed by atoms with van der Waals surface area (Å²) in [6, 6.07) is 0. The van der Waals surface area contributed by atoms with Gasteiger partial charge in [0.05, 0.1) is 0 Å². The van der Waals surface area contributed by atoms with E-state index in [1.807, 2.05) is 0 Å². The van der Waals surface area contributed by atoms with Gasteiger partial charge < -0.3 is 9.84 Å². The zero-order valence-corrected chi connectivity index (χ0v) is 9.74. The van der Waals surface area contributed by atoms with E-state index in [4.69, 9.17) is 4.52 Å². The summed E-state index contributed by atoms with van der Waals surface area (Å²) in [6.07, 6.45) is 5.78. The molecule has 0 aliphatic heterocycles. The predicted molar refractivity (Wildman–Crippen MR) is 62.0 cm³/mol. The highest BCUT2D eigenvalue weighted by Crippen LogP contribution is 2.09. The molecule has 0 radical (unpaired) electrons. The Hall–Kier alpha value is -2.51. The number of nitrogens with one attached hydrogen (secondary N) is 1. The summed E-state index contributed by atoms with van der Waals surface area (Å²) in [5.41, 5.74) is 0.696. The van der Waals surface area contributed by atoms with E-state index in [9.17, 15) is 0 Å². The van der Waals surface area contributed by atoms with Crippen molar-refractivity contribution in [2.45, 2.75) is 13.3 Å². The van der Waals surface area contributed by atoms with Crippen LogP contribution in [0, 0.1) is 6.92 Å². The Labute approximate surface area is 102 Å². The molecular weight excluding hydrogens is 234 g/mol. The van der Waals surface area contributed by atoms with Crippen molar-refractivity contribution < 1.29 is 4.52 Å². The summed E-state index contributed by atoms with van der Waals surface area (Å²) in [4.78, 5) is 8.34. The first-order chi connectivity index (χ1) is 8.83. The maximum Gasteiger partial charge on any atom is 0.223 e. The summed E-state index contributed by atoms with van der Waals surface area (Å²) in [7, 11) is 0. The minimum absolute atomic E-state index is 0.572. The largest absolute Gasteiger partial charge is 0.366 e. The summed E-state index contributed by atoms with van der Waals surface area (Å²) in [6.45, 7) is 2.42. The quantitative estimate of drug-likeness (QED) is 0.713. The highest BCUT2D eigenvalue weighted by atomic mass is 16.5. The van der Waals surface area contributed by atoms with Crippen LogP contribution in [0.2, 0.25) is 0 Å². The van der Waals surface area contributed by atoms with E-state index in [-0.39, 0.29) is 0 Å². The lowest BCUT2D eigenvalue weighted by molar-refractivity contribution is 0.387. The molecule has 3 aromatic heterocycles. The molecule has 1 N–H and O–H groups in total. The predicted octanol–water partition coefficient (Wildman–Crippen LogP) is 0.470. The van der Waals surface area contributed by atoms with Gasteiger partial charge in [-0.3, -0.25) is 4.40 Å². The number of rotatable bonds is 4. The molecule has 0 fully saturated rings. The Bertz CT molecular complexity index is 659. The normalized spacial score (nSPS) is 10.9. The molecule has 0 unspecified atom stereocenters. The van der Waals surface area contributed by atoms with E-state index in [0.717, 1.165) is 0 Å². The molecule has 3 heterocycles. The SMILES string of the molecule is Cc1nc(CCNc2nccn3cnnc23)no1. The number of hydrogen-bond donors (Lipinski definition) is 1. The topological polar surface area (TPSA) is 94.0 Å². The van der Waals surface area contributed by atoms with Crippen LogP contribution in [0.25, 0.3) is 5.65 Å². The minimum atomic E-state index is 0.572. The van der Waals surface area contributed by atoms with Crippen LogP contribution >= 0.6 is 0 Å². The Morgan fingerprint density at radius 1 is 1.44 bits per heavy atom. The van der Waals surface area contributed by atoms with Crippen molar-refractivity contribution in [1.29, 1.82) is 0 Å². The van der Waals surface area contributed by atoms with E-state index in [0.29, 0.717) is 36.1 Å². The van der Waals surface area contributed by atoms with Crippen LogP contribution in [0.15, 0.2) is 23.2 Å². The minimum Gasteiger partial charge on any atom is -0.366 e. The molecule has 18 heavy (non-hydrogen) atoms. The number of fused-ring (bicyclic) bond motifs is 1. The maximum absolute atomic E-state index is 4.89. The van der Waals surface area contributed by atoms with Gasteiger partial charge >= 0.3 is 0 Å². The fourth-order valence-electron chi connectivity index (χ4n) is 1.62. The molecule has 8 nitrogen and oxygen atoms in total. The van der Waals surface area contributed by atoms with Crippen LogP contribution in [0.1, 0.15) is 11.7 Å². The molecule has 0 aromatic carbocycles. The summed E-state index contributed by atoms with van der Waals surface area (Å²) in [5, 5.41) is 14.8. The van der Waals surface area contributed by atoms with E-state index in [1.165, 1.54) is 0 Å². The monoisotopic (exact) mass is 245 g/mol. The van der Waals surface area contributed by atoms with Crippen molar-refractivity contribution in [1.82, 2.24) is 29.7 Å². The fraction of sp³-hybridized carbons (Fsp3) is 0.300. The lowest BCUT2D eigenvalue weighted by atomic mass is 10.4. The zero-order valence-electron chi connectivity index (χ0n) is 9.74. The van der Waals surface area contributed by atoms with Crippen LogP contribution in [0.4, 0.5) is 5.82 Å². The summed E-state index contributed by atoms with van der Waals surface area (Å²) in [5.74, 6) is 1.94. The average molecular weight is 245 g/mol. The second-order valence-corrected chi connectivity index (χ2v) is 3.74. The van der Waals surface area contributed by atoms with Gasteiger partial charge in [0, 0.05) is 32.3 Å². The molecule has 0 atom stereocenters. The van der Waals surface area contributed by atoms with E-state index < -0.39 is 0 Å². The second kappa shape index (κ2) is 4.40. The Morgan fingerprint density at radius 2 is 2.39 bits per heavy atom. The average Bonchev–Trinajstić information content (AvgIpc) is 2.98. The highest BCUT2D eigenvalue weighted by Gasteiger charge is 2.05. The molecule has 0 aliphatic carbocycles. The molecule has 92 valence electrons. The van der Waals surface area contributed by atoms with Gasteiger partial charge in [0.15, 0.2) is 11.6 Å². The van der Waals surface area contributed by atoms with E-state index in [2.05, 4.69) is 30.6 Å². The van der Waals surface area contributed by atoms with Crippen LogP contribution in [-0.2, 0) is 6.42 Å². The van der Waals surface area contributed by atoms with Gasteiger partial charge in [-0.1, -0.05) is 5.16 Å². The lowest BCUT2D eigenvalue weighted by Crippen LogP contribution is -2.08. The maximum atomic E-state index is 4.89. The number of aromatic nitrogens is 6. The van der Waals surface area contributed by atoms with Gasteiger partial charge in [-0.25, -0.2) is 4.98 Å². The fourth-order valence-corrected chi connectivity index (χ4v) is 1.62. The van der Waals surface area contributed by atoms with Crippen molar-refractivity contribution >= 4 is 11.5 Å². The summed E-state index contributed by atoms with van der Waals surface area (Å²) >= 11 is 0. The Morgan fingerprint density at radius 3 is 3.22 bits per heavy atom. The molecule has 0 saturated carbocycles. The van der Waals surface area contributed by atoms with Gasteiger partial charge in [-0.05, 0) is 0 Å². The zero-order chi connectivity index (χ0) is 12.4. The number of anilines is 1. The van der Waals surface area contributed by atoms with Gasteiger partial charge in [0.2, 0.25) is 11.5 Å². The van der Waals surface area contributed by atoms with Crippen LogP contribution < -0.4 is 5.32 Å². The number of nitrogens with zero attached hydrogens (tertiary/aromatic N) is 6. The first-order valence-corrected chi connectivity index (χ1v) is 5.50. The van der Waals surface area contributed by atoms with E-state index in [1.54, 1.807) is 30.0 Å². The third-order valence-electron chi connectivity index (χ3n) is 2.43. The van der Waals surface area contributed by atoms with Crippen molar-refractivity contribution in [3.05, 3.63) is 30.4 Å². The van der Waals surface area contributed by atoms with Crippen molar-refractivity contribution in [2.75, 3.05) is 11.9 Å². The molecule has 3 aromatic rings. The third kappa shape index (κ3) is 1.99. The van der Waals surface area contributed by atoms with Crippen molar-refractivity contribution in [3.8, 4) is 0 Å². The molecule has 0 aliphatic rings. The van der Waals surface area contributed by atoms with Crippen molar-refractivity contribution in [3.63, 3.8) is 0 Å². The van der Waals surface area contributed by atoms with Crippen LogP contribution in [-0.4, -0.2) is 36.3 Å². The molecule has 0 saturated heterocycles. The first kappa shape index (κ1) is 10.6.